The van der Waals surface area contributed by atoms with Crippen LogP contribution in [0.4, 0.5) is 0 Å². The maximum absolute atomic E-state index is 13.2. The Labute approximate surface area is 164 Å². The molecule has 2 aliphatic heterocycles. The van der Waals surface area contributed by atoms with Crippen LogP contribution in [-0.2, 0) is 4.74 Å². The van der Waals surface area contributed by atoms with E-state index in [1.807, 2.05) is 34.2 Å². The van der Waals surface area contributed by atoms with Gasteiger partial charge in [-0.1, -0.05) is 11.6 Å². The summed E-state index contributed by atoms with van der Waals surface area (Å²) in [6.45, 7) is 1.49. The van der Waals surface area contributed by atoms with Gasteiger partial charge in [0.2, 0.25) is 0 Å². The lowest BCUT2D eigenvalue weighted by Crippen LogP contribution is -2.44. The Morgan fingerprint density at radius 2 is 2.32 bits per heavy atom. The molecule has 2 aromatic rings. The molecular formula is C17H19ClN2O2S3. The summed E-state index contributed by atoms with van der Waals surface area (Å²) in [5.74, 6) is 2.17. The molecule has 2 saturated heterocycles. The number of thiazole rings is 1. The van der Waals surface area contributed by atoms with Gasteiger partial charge in [-0.25, -0.2) is 4.98 Å². The van der Waals surface area contributed by atoms with Gasteiger partial charge < -0.3 is 9.64 Å². The van der Waals surface area contributed by atoms with E-state index in [2.05, 4.69) is 4.98 Å². The molecule has 1 amide bonds. The molecule has 0 bridgehead atoms. The molecule has 0 N–H and O–H groups in total. The van der Waals surface area contributed by atoms with Crippen LogP contribution < -0.4 is 0 Å². The number of thiophene rings is 1. The number of amides is 1. The molecular weight excluding hydrogens is 396 g/mol. The van der Waals surface area contributed by atoms with Crippen molar-refractivity contribution in [2.24, 2.45) is 0 Å². The number of hydrogen-bond donors (Lipinski definition) is 0. The van der Waals surface area contributed by atoms with Crippen molar-refractivity contribution in [3.05, 3.63) is 27.5 Å². The number of ether oxygens (including phenoxy) is 1. The van der Waals surface area contributed by atoms with Crippen molar-refractivity contribution in [2.45, 2.75) is 31.4 Å². The van der Waals surface area contributed by atoms with E-state index in [4.69, 9.17) is 16.3 Å². The number of carbonyl (C=O) groups is 1. The lowest BCUT2D eigenvalue weighted by Gasteiger charge is -2.30. The minimum atomic E-state index is 0.0353. The fourth-order valence-corrected chi connectivity index (χ4v) is 6.37. The predicted octanol–water partition coefficient (Wildman–Crippen LogP) is 4.65. The molecule has 134 valence electrons. The van der Waals surface area contributed by atoms with E-state index in [1.54, 1.807) is 0 Å². The Kier molecular flexibility index (Phi) is 5.67. The SMILES string of the molecule is O=C(c1csc(-c2ccc(Cl)s2)n1)N(C[C@@H]1CCCO1)[C@@H]1CCSC1. The second kappa shape index (κ2) is 7.96. The van der Waals surface area contributed by atoms with Crippen LogP contribution in [0.3, 0.4) is 0 Å². The average Bonchev–Trinajstić information content (AvgIpc) is 3.39. The zero-order chi connectivity index (χ0) is 17.2. The monoisotopic (exact) mass is 414 g/mol. The summed E-state index contributed by atoms with van der Waals surface area (Å²) < 4.78 is 6.51. The van der Waals surface area contributed by atoms with Crippen molar-refractivity contribution >= 4 is 51.9 Å². The highest BCUT2D eigenvalue weighted by Crippen LogP contribution is 2.33. The topological polar surface area (TPSA) is 42.4 Å². The van der Waals surface area contributed by atoms with Crippen LogP contribution in [0.5, 0.6) is 0 Å². The summed E-state index contributed by atoms with van der Waals surface area (Å²) in [6, 6.07) is 4.12. The van der Waals surface area contributed by atoms with Crippen molar-refractivity contribution in [3.8, 4) is 9.88 Å². The first-order valence-corrected chi connectivity index (χ1v) is 11.6. The Morgan fingerprint density at radius 3 is 3.00 bits per heavy atom. The van der Waals surface area contributed by atoms with Crippen LogP contribution in [-0.4, -0.2) is 52.6 Å². The van der Waals surface area contributed by atoms with Gasteiger partial charge in [0.15, 0.2) is 0 Å². The summed E-state index contributed by atoms with van der Waals surface area (Å²) >= 11 is 10.9. The number of hydrogen-bond acceptors (Lipinski definition) is 6. The van der Waals surface area contributed by atoms with Crippen molar-refractivity contribution in [1.29, 1.82) is 0 Å². The number of thioether (sulfide) groups is 1. The van der Waals surface area contributed by atoms with Gasteiger partial charge in [0.1, 0.15) is 10.7 Å². The standard InChI is InChI=1S/C17H19ClN2O2S3/c18-15-4-3-14(25-15)16-19-13(10-24-16)17(21)20(11-5-7-23-9-11)8-12-2-1-6-22-12/h3-4,10-12H,1-2,5-9H2/t11-,12+/m1/s1. The molecule has 4 nitrogen and oxygen atoms in total. The van der Waals surface area contributed by atoms with Gasteiger partial charge in [0.05, 0.1) is 15.3 Å². The number of carbonyl (C=O) groups excluding carboxylic acids is 1. The minimum Gasteiger partial charge on any atom is -0.376 e. The molecule has 25 heavy (non-hydrogen) atoms. The highest BCUT2D eigenvalue weighted by Gasteiger charge is 2.32. The van der Waals surface area contributed by atoms with Gasteiger partial charge in [-0.3, -0.25) is 4.79 Å². The molecule has 2 fully saturated rings. The van der Waals surface area contributed by atoms with Gasteiger partial charge in [-0.15, -0.1) is 22.7 Å². The quantitative estimate of drug-likeness (QED) is 0.714. The van der Waals surface area contributed by atoms with Crippen LogP contribution in [0.2, 0.25) is 4.34 Å². The lowest BCUT2D eigenvalue weighted by atomic mass is 10.1. The molecule has 2 atom stereocenters. The van der Waals surface area contributed by atoms with Crippen LogP contribution in [0.1, 0.15) is 29.8 Å². The fourth-order valence-electron chi connectivity index (χ4n) is 3.23. The van der Waals surface area contributed by atoms with Crippen molar-refractivity contribution in [3.63, 3.8) is 0 Å². The predicted molar refractivity (Wildman–Crippen MR) is 106 cm³/mol. The van der Waals surface area contributed by atoms with Crippen LogP contribution in [0, 0.1) is 0 Å². The molecule has 0 saturated carbocycles. The van der Waals surface area contributed by atoms with Crippen molar-refractivity contribution in [2.75, 3.05) is 24.7 Å². The zero-order valence-electron chi connectivity index (χ0n) is 13.7. The van der Waals surface area contributed by atoms with E-state index in [1.165, 1.54) is 22.7 Å². The molecule has 0 unspecified atom stereocenters. The normalized spacial score (nSPS) is 23.2. The molecule has 0 aromatic carbocycles. The smallest absolute Gasteiger partial charge is 0.273 e. The molecule has 8 heteroatoms. The number of halogens is 1. The third kappa shape index (κ3) is 4.06. The Bertz CT molecular complexity index is 736. The van der Waals surface area contributed by atoms with Crippen molar-refractivity contribution in [1.82, 2.24) is 9.88 Å². The van der Waals surface area contributed by atoms with Gasteiger partial charge in [-0.05, 0) is 37.1 Å². The third-order valence-corrected chi connectivity index (χ3v) is 7.93. The number of rotatable bonds is 5. The molecule has 4 heterocycles. The average molecular weight is 415 g/mol. The minimum absolute atomic E-state index is 0.0353. The molecule has 0 spiro atoms. The van der Waals surface area contributed by atoms with E-state index in [9.17, 15) is 4.79 Å². The number of aromatic nitrogens is 1. The van der Waals surface area contributed by atoms with E-state index >= 15 is 0 Å². The third-order valence-electron chi connectivity index (χ3n) is 4.54. The van der Waals surface area contributed by atoms with E-state index < -0.39 is 0 Å². The first-order chi connectivity index (χ1) is 12.2. The summed E-state index contributed by atoms with van der Waals surface area (Å²) in [5.41, 5.74) is 0.541. The van der Waals surface area contributed by atoms with E-state index in [0.717, 1.165) is 51.6 Å². The number of nitrogens with zero attached hydrogens (tertiary/aromatic N) is 2. The van der Waals surface area contributed by atoms with E-state index in [-0.39, 0.29) is 12.0 Å². The van der Waals surface area contributed by atoms with Crippen LogP contribution in [0.25, 0.3) is 9.88 Å². The fraction of sp³-hybridized carbons (Fsp3) is 0.529. The molecule has 2 aliphatic rings. The van der Waals surface area contributed by atoms with Gasteiger partial charge in [-0.2, -0.15) is 11.8 Å². The largest absolute Gasteiger partial charge is 0.376 e. The first kappa shape index (κ1) is 17.8. The van der Waals surface area contributed by atoms with Gasteiger partial charge in [0.25, 0.3) is 5.91 Å². The molecule has 0 aliphatic carbocycles. The second-order valence-electron chi connectivity index (χ2n) is 6.25. The Balaban J connectivity index is 1.53. The lowest BCUT2D eigenvalue weighted by molar-refractivity contribution is 0.0438. The first-order valence-electron chi connectivity index (χ1n) is 8.42. The van der Waals surface area contributed by atoms with Crippen LogP contribution >= 0.6 is 46.0 Å². The Hall–Kier alpha value is -0.600. The summed E-state index contributed by atoms with van der Waals surface area (Å²) in [7, 11) is 0. The summed E-state index contributed by atoms with van der Waals surface area (Å²) in [4.78, 5) is 20.8. The van der Waals surface area contributed by atoms with Gasteiger partial charge >= 0.3 is 0 Å². The van der Waals surface area contributed by atoms with E-state index in [0.29, 0.717) is 18.3 Å². The molecule has 4 rings (SSSR count). The highest BCUT2D eigenvalue weighted by atomic mass is 35.5. The molecule has 2 aromatic heterocycles. The maximum Gasteiger partial charge on any atom is 0.273 e. The second-order valence-corrected chi connectivity index (χ2v) is 9.97. The maximum atomic E-state index is 13.2. The van der Waals surface area contributed by atoms with Crippen LogP contribution in [0.15, 0.2) is 17.5 Å². The van der Waals surface area contributed by atoms with Gasteiger partial charge in [0, 0.05) is 30.3 Å². The van der Waals surface area contributed by atoms with Crippen molar-refractivity contribution < 1.29 is 9.53 Å². The molecule has 0 radical (unpaired) electrons. The highest BCUT2D eigenvalue weighted by molar-refractivity contribution is 7.99. The Morgan fingerprint density at radius 1 is 1.40 bits per heavy atom. The summed E-state index contributed by atoms with van der Waals surface area (Å²) in [5, 5.41) is 2.73. The summed E-state index contributed by atoms with van der Waals surface area (Å²) in [6.07, 6.45) is 3.36. The zero-order valence-corrected chi connectivity index (χ0v) is 16.9.